The Kier molecular flexibility index (Phi) is 8.83. The van der Waals surface area contributed by atoms with E-state index in [0.29, 0.717) is 49.8 Å². The number of nitrogens with zero attached hydrogens (tertiary/aromatic N) is 3. The molecule has 0 bridgehead atoms. The Morgan fingerprint density at radius 3 is 2.37 bits per heavy atom. The molecule has 0 aliphatic rings. The number of rotatable bonds is 10. The molecule has 0 fully saturated rings. The maximum absolute atomic E-state index is 13.6. The lowest BCUT2D eigenvalue weighted by molar-refractivity contribution is -0.137. The lowest BCUT2D eigenvalue weighted by Crippen LogP contribution is -2.25. The second-order valence-electron chi connectivity index (χ2n) is 8.17. The number of aromatic nitrogens is 3. The molecular formula is C26H21Cl3N4O4S. The minimum absolute atomic E-state index is 0.0434. The first-order chi connectivity index (χ1) is 18.2. The van der Waals surface area contributed by atoms with Crippen molar-refractivity contribution in [3.63, 3.8) is 0 Å². The number of hydrogen-bond acceptors (Lipinski definition) is 6. The minimum atomic E-state index is -0.998. The Labute approximate surface area is 237 Å². The normalized spacial score (nSPS) is 10.9. The predicted octanol–water partition coefficient (Wildman–Crippen LogP) is 6.03. The smallest absolute Gasteiger partial charge is 0.303 e. The van der Waals surface area contributed by atoms with Gasteiger partial charge in [-0.1, -0.05) is 53.9 Å². The summed E-state index contributed by atoms with van der Waals surface area (Å²) in [6.45, 7) is 1.92. The highest BCUT2D eigenvalue weighted by Gasteiger charge is 2.25. The highest BCUT2D eigenvalue weighted by Crippen LogP contribution is 2.32. The van der Waals surface area contributed by atoms with Crippen LogP contribution in [0.25, 0.3) is 5.00 Å². The van der Waals surface area contributed by atoms with Gasteiger partial charge in [-0.3, -0.25) is 19.0 Å². The molecule has 0 aliphatic heterocycles. The summed E-state index contributed by atoms with van der Waals surface area (Å²) in [5, 5.41) is 21.9. The van der Waals surface area contributed by atoms with Gasteiger partial charge in [0, 0.05) is 22.4 Å². The van der Waals surface area contributed by atoms with Gasteiger partial charge in [0.15, 0.2) is 11.6 Å². The van der Waals surface area contributed by atoms with Gasteiger partial charge in [0.1, 0.15) is 10.8 Å². The van der Waals surface area contributed by atoms with Crippen LogP contribution in [-0.4, -0.2) is 37.5 Å². The predicted molar refractivity (Wildman–Crippen MR) is 147 cm³/mol. The summed E-state index contributed by atoms with van der Waals surface area (Å²) in [7, 11) is 0. The number of carbonyl (C=O) groups is 3. The first-order valence-electron chi connectivity index (χ1n) is 11.5. The van der Waals surface area contributed by atoms with Crippen LogP contribution in [0.3, 0.4) is 0 Å². The van der Waals surface area contributed by atoms with Crippen molar-refractivity contribution in [1.29, 1.82) is 0 Å². The average molecular weight is 592 g/mol. The van der Waals surface area contributed by atoms with E-state index in [1.165, 1.54) is 23.5 Å². The molecule has 38 heavy (non-hydrogen) atoms. The van der Waals surface area contributed by atoms with E-state index in [9.17, 15) is 19.5 Å². The number of hydrogen-bond donors (Lipinski definition) is 2. The monoisotopic (exact) mass is 590 g/mol. The van der Waals surface area contributed by atoms with E-state index in [2.05, 4.69) is 15.5 Å². The lowest BCUT2D eigenvalue weighted by atomic mass is 10.0. The number of aryl methyl sites for hydroxylation is 2. The molecule has 2 aromatic heterocycles. The van der Waals surface area contributed by atoms with Crippen molar-refractivity contribution in [3.8, 4) is 5.00 Å². The number of carboxylic acid groups (broad SMARTS) is 1. The fourth-order valence-electron chi connectivity index (χ4n) is 3.71. The maximum Gasteiger partial charge on any atom is 0.303 e. The molecule has 0 aliphatic carbocycles. The third-order valence-electron chi connectivity index (χ3n) is 5.63. The van der Waals surface area contributed by atoms with E-state index in [1.54, 1.807) is 41.0 Å². The topological polar surface area (TPSA) is 114 Å². The summed E-state index contributed by atoms with van der Waals surface area (Å²) in [5.41, 5.74) is 1.02. The van der Waals surface area contributed by atoms with Crippen LogP contribution < -0.4 is 5.32 Å². The number of ketones is 1. The summed E-state index contributed by atoms with van der Waals surface area (Å²) < 4.78 is 1.64. The van der Waals surface area contributed by atoms with Gasteiger partial charge in [0.2, 0.25) is 0 Å². The molecular weight excluding hydrogens is 571 g/mol. The van der Waals surface area contributed by atoms with Crippen LogP contribution in [0.2, 0.25) is 15.1 Å². The largest absolute Gasteiger partial charge is 0.481 e. The van der Waals surface area contributed by atoms with Crippen LogP contribution in [0.1, 0.15) is 56.1 Å². The van der Waals surface area contributed by atoms with Gasteiger partial charge < -0.3 is 10.4 Å². The number of thiophene rings is 1. The van der Waals surface area contributed by atoms with Crippen LogP contribution in [-0.2, 0) is 24.2 Å². The van der Waals surface area contributed by atoms with Gasteiger partial charge in [0.25, 0.3) is 5.91 Å². The molecule has 0 saturated heterocycles. The number of carboxylic acids is 1. The molecule has 4 rings (SSSR count). The third-order valence-corrected chi connectivity index (χ3v) is 7.96. The van der Waals surface area contributed by atoms with Crippen LogP contribution in [0.4, 0.5) is 0 Å². The molecule has 4 aromatic rings. The molecule has 12 heteroatoms. The number of carbonyl (C=O) groups excluding carboxylic acids is 2. The quantitative estimate of drug-likeness (QED) is 0.218. The molecule has 0 unspecified atom stereocenters. The van der Waals surface area contributed by atoms with Crippen molar-refractivity contribution < 1.29 is 19.5 Å². The molecule has 0 atom stereocenters. The average Bonchev–Trinajstić information content (AvgIpc) is 3.51. The van der Waals surface area contributed by atoms with E-state index < -0.39 is 11.9 Å². The molecule has 2 N–H and O–H groups in total. The SMILES string of the molecule is CCc1cc(C(=O)c2ccccc2Cl)c(-n2c(CCC(=O)O)nnc2CNC(=O)c2ccc(Cl)c(Cl)c2)s1. The van der Waals surface area contributed by atoms with E-state index in [-0.39, 0.29) is 30.2 Å². The van der Waals surface area contributed by atoms with Crippen molar-refractivity contribution in [3.05, 3.63) is 96.8 Å². The van der Waals surface area contributed by atoms with Gasteiger partial charge in [0.05, 0.1) is 33.6 Å². The number of halogens is 3. The zero-order valence-electron chi connectivity index (χ0n) is 20.0. The van der Waals surface area contributed by atoms with Crippen molar-refractivity contribution in [2.45, 2.75) is 32.7 Å². The van der Waals surface area contributed by atoms with Crippen molar-refractivity contribution >= 4 is 63.8 Å². The Bertz CT molecular complexity index is 1530. The summed E-state index contributed by atoms with van der Waals surface area (Å²) in [5.74, 6) is -1.02. The van der Waals surface area contributed by atoms with Crippen molar-refractivity contribution in [2.24, 2.45) is 0 Å². The highest BCUT2D eigenvalue weighted by molar-refractivity contribution is 7.15. The lowest BCUT2D eigenvalue weighted by Gasteiger charge is -2.12. The molecule has 2 aromatic carbocycles. The Balaban J connectivity index is 1.74. The van der Waals surface area contributed by atoms with E-state index in [0.717, 1.165) is 4.88 Å². The standard InChI is InChI=1S/C26H21Cl3N4O4S/c1-2-15-12-17(24(36)16-5-3-4-6-18(16)27)26(38-15)33-21(9-10-23(34)35)31-32-22(33)13-30-25(37)14-7-8-19(28)20(29)11-14/h3-8,11-12H,2,9-10,13H2,1H3,(H,30,37)(H,34,35). The third kappa shape index (κ3) is 6.07. The number of aliphatic carboxylic acids is 1. The second-order valence-corrected chi connectivity index (χ2v) is 10.5. The Morgan fingerprint density at radius 1 is 0.947 bits per heavy atom. The fourth-order valence-corrected chi connectivity index (χ4v) is 5.36. The zero-order chi connectivity index (χ0) is 27.4. The van der Waals surface area contributed by atoms with Gasteiger partial charge in [-0.05, 0) is 42.8 Å². The number of benzene rings is 2. The first kappa shape index (κ1) is 27.8. The summed E-state index contributed by atoms with van der Waals surface area (Å²) >= 11 is 19.7. The first-order valence-corrected chi connectivity index (χ1v) is 13.4. The Hall–Kier alpha value is -3.24. The Morgan fingerprint density at radius 2 is 1.68 bits per heavy atom. The van der Waals surface area contributed by atoms with Gasteiger partial charge in [-0.2, -0.15) is 0 Å². The van der Waals surface area contributed by atoms with E-state index in [4.69, 9.17) is 34.8 Å². The molecule has 196 valence electrons. The van der Waals surface area contributed by atoms with Gasteiger partial charge in [-0.25, -0.2) is 0 Å². The van der Waals surface area contributed by atoms with Gasteiger partial charge >= 0.3 is 5.97 Å². The molecule has 8 nitrogen and oxygen atoms in total. The molecule has 1 amide bonds. The van der Waals surface area contributed by atoms with Crippen LogP contribution >= 0.6 is 46.1 Å². The summed E-state index contributed by atoms with van der Waals surface area (Å²) in [4.78, 5) is 38.6. The second kappa shape index (κ2) is 12.1. The summed E-state index contributed by atoms with van der Waals surface area (Å²) in [6, 6.07) is 13.1. The summed E-state index contributed by atoms with van der Waals surface area (Å²) in [6.07, 6.45) is 0.555. The molecule has 0 saturated carbocycles. The fraction of sp³-hybridized carbons (Fsp3) is 0.192. The minimum Gasteiger partial charge on any atom is -0.481 e. The number of nitrogens with one attached hydrogen (secondary N) is 1. The molecule has 0 radical (unpaired) electrons. The maximum atomic E-state index is 13.6. The molecule has 0 spiro atoms. The van der Waals surface area contributed by atoms with Crippen LogP contribution in [0, 0.1) is 0 Å². The van der Waals surface area contributed by atoms with Crippen LogP contribution in [0.5, 0.6) is 0 Å². The van der Waals surface area contributed by atoms with E-state index >= 15 is 0 Å². The van der Waals surface area contributed by atoms with Crippen molar-refractivity contribution in [1.82, 2.24) is 20.1 Å². The zero-order valence-corrected chi connectivity index (χ0v) is 23.1. The van der Waals surface area contributed by atoms with Gasteiger partial charge in [-0.15, -0.1) is 21.5 Å². The van der Waals surface area contributed by atoms with Crippen LogP contribution in [0.15, 0.2) is 48.5 Å². The highest BCUT2D eigenvalue weighted by atomic mass is 35.5. The number of amides is 1. The molecule has 2 heterocycles. The van der Waals surface area contributed by atoms with E-state index in [1.807, 2.05) is 6.92 Å². The van der Waals surface area contributed by atoms with Crippen molar-refractivity contribution in [2.75, 3.05) is 0 Å².